The van der Waals surface area contributed by atoms with Crippen LogP contribution in [0.25, 0.3) is 0 Å². The lowest BCUT2D eigenvalue weighted by Gasteiger charge is -2.21. The molecular formula is C10H22BrN3O3. The highest BCUT2D eigenvalue weighted by molar-refractivity contribution is 9.10. The minimum Gasteiger partial charge on any atom is -0.392 e. The van der Waals surface area contributed by atoms with Gasteiger partial charge in [0, 0.05) is 6.54 Å². The number of hydrogen-bond acceptors (Lipinski definition) is 4. The van der Waals surface area contributed by atoms with Gasteiger partial charge >= 0.3 is 6.03 Å². The lowest BCUT2D eigenvalue weighted by molar-refractivity contribution is -0.122. The fourth-order valence-corrected chi connectivity index (χ4v) is 0.894. The van der Waals surface area contributed by atoms with Gasteiger partial charge in [0.1, 0.15) is 4.32 Å². The average Bonchev–Trinajstić information content (AvgIpc) is 2.27. The van der Waals surface area contributed by atoms with Crippen LogP contribution in [0.4, 0.5) is 4.79 Å². The van der Waals surface area contributed by atoms with E-state index in [1.165, 1.54) is 0 Å². The summed E-state index contributed by atoms with van der Waals surface area (Å²) in [6.07, 6.45) is 0.889. The molecule has 0 bridgehead atoms. The zero-order valence-electron chi connectivity index (χ0n) is 10.5. The zero-order valence-corrected chi connectivity index (χ0v) is 12.1. The van der Waals surface area contributed by atoms with Gasteiger partial charge in [-0.15, -0.1) is 0 Å². The van der Waals surface area contributed by atoms with E-state index in [9.17, 15) is 9.59 Å². The first kappa shape index (κ1) is 18.7. The summed E-state index contributed by atoms with van der Waals surface area (Å²) in [4.78, 5) is 21.6. The van der Waals surface area contributed by atoms with Crippen molar-refractivity contribution < 1.29 is 14.7 Å². The first-order valence-corrected chi connectivity index (χ1v) is 6.20. The number of hydrogen-bond donors (Lipinski definition) is 4. The Morgan fingerprint density at radius 2 is 1.76 bits per heavy atom. The Labute approximate surface area is 110 Å². The molecule has 0 saturated carbocycles. The van der Waals surface area contributed by atoms with Crippen LogP contribution >= 0.6 is 15.9 Å². The maximum Gasteiger partial charge on any atom is 0.318 e. The van der Waals surface area contributed by atoms with Crippen LogP contribution in [-0.4, -0.2) is 34.0 Å². The maximum absolute atomic E-state index is 11.3. The summed E-state index contributed by atoms with van der Waals surface area (Å²) in [6.45, 7) is 5.73. The summed E-state index contributed by atoms with van der Waals surface area (Å²) in [5.41, 5.74) is 9.73. The van der Waals surface area contributed by atoms with E-state index >= 15 is 0 Å². The molecule has 17 heavy (non-hydrogen) atoms. The highest BCUT2D eigenvalue weighted by Gasteiger charge is 2.32. The van der Waals surface area contributed by atoms with E-state index < -0.39 is 10.4 Å². The summed E-state index contributed by atoms with van der Waals surface area (Å²) in [6, 6.07) is -0.814. The summed E-state index contributed by atoms with van der Waals surface area (Å²) >= 11 is 3.26. The second kappa shape index (κ2) is 9.38. The number of amides is 3. The van der Waals surface area contributed by atoms with Crippen LogP contribution in [0.15, 0.2) is 0 Å². The Balaban J connectivity index is 0. The molecule has 6 N–H and O–H groups in total. The molecule has 0 aromatic rings. The largest absolute Gasteiger partial charge is 0.392 e. The molecule has 102 valence electrons. The summed E-state index contributed by atoms with van der Waals surface area (Å²) in [5.74, 6) is -0.375. The quantitative estimate of drug-likeness (QED) is 0.564. The van der Waals surface area contributed by atoms with Crippen LogP contribution in [0.2, 0.25) is 0 Å². The molecule has 0 aliphatic heterocycles. The second-order valence-electron chi connectivity index (χ2n) is 3.58. The van der Waals surface area contributed by atoms with E-state index in [1.54, 1.807) is 6.92 Å². The van der Waals surface area contributed by atoms with Crippen molar-refractivity contribution >= 4 is 27.9 Å². The predicted molar refractivity (Wildman–Crippen MR) is 70.7 cm³/mol. The van der Waals surface area contributed by atoms with Crippen molar-refractivity contribution in [3.05, 3.63) is 0 Å². The standard InChI is InChI=1S/C7H13BrN2O2.C3H9NO/c1-3-7(8,4-2)5(11)10-6(9)12;1-3(5)2-4/h3-4H2,1-2H3,(H3,9,10,11,12);3,5H,2,4H2,1H3. The number of alkyl halides is 1. The molecule has 0 rings (SSSR count). The third kappa shape index (κ3) is 9.08. The van der Waals surface area contributed by atoms with Gasteiger partial charge in [0.25, 0.3) is 0 Å². The monoisotopic (exact) mass is 311 g/mol. The van der Waals surface area contributed by atoms with Crippen molar-refractivity contribution in [1.29, 1.82) is 0 Å². The zero-order chi connectivity index (χ0) is 14.1. The van der Waals surface area contributed by atoms with E-state index in [0.29, 0.717) is 19.4 Å². The van der Waals surface area contributed by atoms with E-state index in [4.69, 9.17) is 16.6 Å². The molecule has 0 aromatic heterocycles. The molecule has 6 nitrogen and oxygen atoms in total. The number of urea groups is 1. The molecule has 0 saturated heterocycles. The van der Waals surface area contributed by atoms with Crippen molar-refractivity contribution in [3.63, 3.8) is 0 Å². The SMILES string of the molecule is CC(O)CN.CCC(Br)(CC)C(=O)NC(N)=O. The summed E-state index contributed by atoms with van der Waals surface area (Å²) in [7, 11) is 0. The normalized spacial score (nSPS) is 12.1. The molecule has 0 radical (unpaired) electrons. The number of halogens is 1. The van der Waals surface area contributed by atoms with Crippen molar-refractivity contribution in [2.75, 3.05) is 6.54 Å². The van der Waals surface area contributed by atoms with Gasteiger partial charge < -0.3 is 16.6 Å². The Morgan fingerprint density at radius 1 is 1.41 bits per heavy atom. The molecule has 0 spiro atoms. The Kier molecular flexibility index (Phi) is 10.3. The van der Waals surface area contributed by atoms with Gasteiger partial charge in [0.05, 0.1) is 6.10 Å². The molecule has 1 atom stereocenters. The van der Waals surface area contributed by atoms with Crippen molar-refractivity contribution in [2.45, 2.75) is 44.0 Å². The van der Waals surface area contributed by atoms with Gasteiger partial charge in [-0.3, -0.25) is 10.1 Å². The molecule has 0 fully saturated rings. The second-order valence-corrected chi connectivity index (χ2v) is 5.09. The average molecular weight is 312 g/mol. The van der Waals surface area contributed by atoms with Gasteiger partial charge in [-0.05, 0) is 19.8 Å². The highest BCUT2D eigenvalue weighted by atomic mass is 79.9. The van der Waals surface area contributed by atoms with Crippen molar-refractivity contribution in [2.24, 2.45) is 11.5 Å². The number of carbonyl (C=O) groups excluding carboxylic acids is 2. The number of carbonyl (C=O) groups is 2. The molecule has 0 aliphatic carbocycles. The Bertz CT molecular complexity index is 243. The van der Waals surface area contributed by atoms with Crippen LogP contribution in [0.5, 0.6) is 0 Å². The minimum absolute atomic E-state index is 0.338. The van der Waals surface area contributed by atoms with Crippen molar-refractivity contribution in [1.82, 2.24) is 5.32 Å². The highest BCUT2D eigenvalue weighted by Crippen LogP contribution is 2.26. The Morgan fingerprint density at radius 3 is 1.94 bits per heavy atom. The number of rotatable bonds is 4. The topological polar surface area (TPSA) is 118 Å². The van der Waals surface area contributed by atoms with Crippen LogP contribution in [0.1, 0.15) is 33.6 Å². The van der Waals surface area contributed by atoms with Crippen LogP contribution in [0.3, 0.4) is 0 Å². The predicted octanol–water partition coefficient (Wildman–Crippen LogP) is 0.461. The van der Waals surface area contributed by atoms with Crippen molar-refractivity contribution in [3.8, 4) is 0 Å². The van der Waals surface area contributed by atoms with E-state index in [1.807, 2.05) is 19.2 Å². The first-order chi connectivity index (χ1) is 7.73. The maximum atomic E-state index is 11.3. The number of nitrogens with one attached hydrogen (secondary N) is 1. The summed E-state index contributed by atoms with van der Waals surface area (Å²) < 4.78 is -0.665. The van der Waals surface area contributed by atoms with Crippen LogP contribution in [0, 0.1) is 0 Å². The molecule has 0 heterocycles. The van der Waals surface area contributed by atoms with Gasteiger partial charge in [-0.2, -0.15) is 0 Å². The molecule has 0 aliphatic rings. The van der Waals surface area contributed by atoms with Gasteiger partial charge in [0.15, 0.2) is 0 Å². The smallest absolute Gasteiger partial charge is 0.318 e. The number of aliphatic hydroxyl groups excluding tert-OH is 1. The minimum atomic E-state index is -0.814. The number of primary amides is 1. The third-order valence-electron chi connectivity index (χ3n) is 2.11. The van der Waals surface area contributed by atoms with Gasteiger partial charge in [-0.1, -0.05) is 29.8 Å². The number of aliphatic hydroxyl groups is 1. The van der Waals surface area contributed by atoms with Crippen LogP contribution in [-0.2, 0) is 4.79 Å². The summed E-state index contributed by atoms with van der Waals surface area (Å²) in [5, 5.41) is 10.3. The fraction of sp³-hybridized carbons (Fsp3) is 0.800. The van der Waals surface area contributed by atoms with Gasteiger partial charge in [-0.25, -0.2) is 4.79 Å². The molecule has 3 amide bonds. The van der Waals surface area contributed by atoms with E-state index in [2.05, 4.69) is 15.9 Å². The first-order valence-electron chi connectivity index (χ1n) is 5.41. The molecule has 7 heteroatoms. The fourth-order valence-electron chi connectivity index (χ4n) is 0.795. The molecular weight excluding hydrogens is 290 g/mol. The van der Waals surface area contributed by atoms with E-state index in [0.717, 1.165) is 0 Å². The van der Waals surface area contributed by atoms with Gasteiger partial charge in [0.2, 0.25) is 5.91 Å². The Hall–Kier alpha value is -0.660. The lowest BCUT2D eigenvalue weighted by Crippen LogP contribution is -2.46. The lowest BCUT2D eigenvalue weighted by atomic mass is 10.0. The third-order valence-corrected chi connectivity index (χ3v) is 3.59. The number of imide groups is 1. The molecule has 1 unspecified atom stereocenters. The van der Waals surface area contributed by atoms with Crippen LogP contribution < -0.4 is 16.8 Å². The van der Waals surface area contributed by atoms with E-state index in [-0.39, 0.29) is 12.0 Å². The molecule has 0 aromatic carbocycles. The number of nitrogens with two attached hydrogens (primary N) is 2.